The second-order valence-electron chi connectivity index (χ2n) is 3.72. The fraction of sp³-hybridized carbons (Fsp3) is 0.455. The number of nitrogens with one attached hydrogen (secondary N) is 1. The fourth-order valence-electron chi connectivity index (χ4n) is 1.67. The highest BCUT2D eigenvalue weighted by Gasteiger charge is 2.14. The van der Waals surface area contributed by atoms with Gasteiger partial charge in [0.2, 0.25) is 0 Å². The van der Waals surface area contributed by atoms with E-state index in [1.54, 1.807) is 0 Å². The van der Waals surface area contributed by atoms with Crippen LogP contribution in [0.4, 0.5) is 8.78 Å². The lowest BCUT2D eigenvalue weighted by Gasteiger charge is -2.10. The Bertz CT molecular complexity index is 317. The van der Waals surface area contributed by atoms with Crippen molar-refractivity contribution in [1.29, 1.82) is 0 Å². The Labute approximate surface area is 87.2 Å². The van der Waals surface area contributed by atoms with Crippen molar-refractivity contribution in [3.05, 3.63) is 35.4 Å². The van der Waals surface area contributed by atoms with Gasteiger partial charge >= 0.3 is 0 Å². The zero-order valence-electron chi connectivity index (χ0n) is 8.30. The Morgan fingerprint density at radius 2 is 2.00 bits per heavy atom. The smallest absolute Gasteiger partial charge is 0.126 e. The van der Waals surface area contributed by atoms with E-state index in [9.17, 15) is 8.78 Å². The molecule has 2 rings (SSSR count). The Kier molecular flexibility index (Phi) is 3.28. The maximum Gasteiger partial charge on any atom is 0.126 e. The minimum Gasteiger partial charge on any atom is -0.380 e. The predicted octanol–water partition coefficient (Wildman–Crippen LogP) is 1.84. The fourth-order valence-corrected chi connectivity index (χ4v) is 1.67. The number of hydrogen-bond acceptors (Lipinski definition) is 2. The average molecular weight is 213 g/mol. The number of halogens is 2. The van der Waals surface area contributed by atoms with Gasteiger partial charge in [0.15, 0.2) is 0 Å². The van der Waals surface area contributed by atoms with Gasteiger partial charge in [0.1, 0.15) is 11.6 Å². The molecule has 1 aliphatic rings. The van der Waals surface area contributed by atoms with E-state index in [1.807, 2.05) is 0 Å². The third kappa shape index (κ3) is 2.97. The predicted molar refractivity (Wildman–Crippen MR) is 52.4 cm³/mol. The highest BCUT2D eigenvalue weighted by atomic mass is 19.1. The van der Waals surface area contributed by atoms with E-state index in [2.05, 4.69) is 5.32 Å². The molecule has 1 N–H and O–H groups in total. The van der Waals surface area contributed by atoms with Crippen molar-refractivity contribution in [3.8, 4) is 0 Å². The Morgan fingerprint density at radius 1 is 1.27 bits per heavy atom. The first-order valence-corrected chi connectivity index (χ1v) is 5.00. The van der Waals surface area contributed by atoms with Crippen LogP contribution in [0.3, 0.4) is 0 Å². The van der Waals surface area contributed by atoms with Gasteiger partial charge in [-0.2, -0.15) is 0 Å². The van der Waals surface area contributed by atoms with Gasteiger partial charge in [-0.25, -0.2) is 8.78 Å². The van der Waals surface area contributed by atoms with Crippen LogP contribution in [0.25, 0.3) is 0 Å². The van der Waals surface area contributed by atoms with E-state index >= 15 is 0 Å². The Balaban J connectivity index is 1.92. The molecule has 0 amide bonds. The van der Waals surface area contributed by atoms with E-state index in [0.29, 0.717) is 24.8 Å². The molecule has 0 spiro atoms. The maximum atomic E-state index is 12.8. The van der Waals surface area contributed by atoms with Gasteiger partial charge in [-0.15, -0.1) is 0 Å². The molecule has 1 aromatic rings. The van der Waals surface area contributed by atoms with Crippen molar-refractivity contribution in [1.82, 2.24) is 5.32 Å². The summed E-state index contributed by atoms with van der Waals surface area (Å²) < 4.78 is 30.9. The lowest BCUT2D eigenvalue weighted by molar-refractivity contribution is 0.190. The topological polar surface area (TPSA) is 21.3 Å². The van der Waals surface area contributed by atoms with Gasteiger partial charge in [-0.1, -0.05) is 0 Å². The van der Waals surface area contributed by atoms with Gasteiger partial charge in [0, 0.05) is 25.3 Å². The molecular weight excluding hydrogens is 200 g/mol. The molecule has 0 bridgehead atoms. The van der Waals surface area contributed by atoms with Crippen molar-refractivity contribution < 1.29 is 13.5 Å². The maximum absolute atomic E-state index is 12.8. The van der Waals surface area contributed by atoms with Crippen LogP contribution in [0.5, 0.6) is 0 Å². The Morgan fingerprint density at radius 3 is 2.60 bits per heavy atom. The van der Waals surface area contributed by atoms with Crippen molar-refractivity contribution in [3.63, 3.8) is 0 Å². The first-order valence-electron chi connectivity index (χ1n) is 5.00. The second-order valence-corrected chi connectivity index (χ2v) is 3.72. The number of benzene rings is 1. The second kappa shape index (κ2) is 4.68. The summed E-state index contributed by atoms with van der Waals surface area (Å²) in [7, 11) is 0. The summed E-state index contributed by atoms with van der Waals surface area (Å²) in [4.78, 5) is 0. The zero-order valence-corrected chi connectivity index (χ0v) is 8.30. The monoisotopic (exact) mass is 213 g/mol. The first-order chi connectivity index (χ1) is 7.24. The third-order valence-electron chi connectivity index (χ3n) is 2.45. The van der Waals surface area contributed by atoms with Gasteiger partial charge in [-0.05, 0) is 24.1 Å². The molecule has 0 saturated carbocycles. The Hall–Kier alpha value is -1.00. The largest absolute Gasteiger partial charge is 0.380 e. The molecule has 1 fully saturated rings. The molecule has 15 heavy (non-hydrogen) atoms. The molecule has 1 saturated heterocycles. The SMILES string of the molecule is Fc1cc(F)cc(CNC2CCOC2)c1. The number of ether oxygens (including phenoxy) is 1. The molecule has 1 aromatic carbocycles. The summed E-state index contributed by atoms with van der Waals surface area (Å²) in [5, 5.41) is 3.19. The summed E-state index contributed by atoms with van der Waals surface area (Å²) in [6, 6.07) is 3.86. The van der Waals surface area contributed by atoms with Crippen molar-refractivity contribution in [2.75, 3.05) is 13.2 Å². The van der Waals surface area contributed by atoms with Crippen LogP contribution in [-0.4, -0.2) is 19.3 Å². The van der Waals surface area contributed by atoms with Crippen molar-refractivity contribution in [2.45, 2.75) is 19.0 Å². The minimum atomic E-state index is -0.533. The van der Waals surface area contributed by atoms with E-state index in [-0.39, 0.29) is 0 Å². The quantitative estimate of drug-likeness (QED) is 0.827. The standard InChI is InChI=1S/C11H13F2NO/c12-9-3-8(4-10(13)5-9)6-14-11-1-2-15-7-11/h3-5,11,14H,1-2,6-7H2. The van der Waals surface area contributed by atoms with Crippen molar-refractivity contribution >= 4 is 0 Å². The molecule has 1 atom stereocenters. The zero-order chi connectivity index (χ0) is 10.7. The summed E-state index contributed by atoms with van der Waals surface area (Å²) >= 11 is 0. The molecule has 0 radical (unpaired) electrons. The van der Waals surface area contributed by atoms with E-state index in [4.69, 9.17) is 4.74 Å². The highest BCUT2D eigenvalue weighted by molar-refractivity contribution is 5.17. The van der Waals surface area contributed by atoms with Crippen LogP contribution in [-0.2, 0) is 11.3 Å². The molecule has 0 aliphatic carbocycles. The lowest BCUT2D eigenvalue weighted by atomic mass is 10.2. The van der Waals surface area contributed by atoms with Crippen molar-refractivity contribution in [2.24, 2.45) is 0 Å². The normalized spacial score (nSPS) is 20.8. The summed E-state index contributed by atoms with van der Waals surface area (Å²) in [6.45, 7) is 1.91. The average Bonchev–Trinajstić information content (AvgIpc) is 2.65. The van der Waals surface area contributed by atoms with Gasteiger partial charge in [0.25, 0.3) is 0 Å². The van der Waals surface area contributed by atoms with E-state index in [0.717, 1.165) is 19.1 Å². The summed E-state index contributed by atoms with van der Waals surface area (Å²) in [6.07, 6.45) is 0.956. The van der Waals surface area contributed by atoms with Crippen LogP contribution >= 0.6 is 0 Å². The summed E-state index contributed by atoms with van der Waals surface area (Å²) in [5.74, 6) is -1.07. The van der Waals surface area contributed by atoms with Crippen LogP contribution in [0, 0.1) is 11.6 Å². The molecule has 1 heterocycles. The van der Waals surface area contributed by atoms with Crippen LogP contribution in [0.2, 0.25) is 0 Å². The van der Waals surface area contributed by atoms with Gasteiger partial charge < -0.3 is 10.1 Å². The van der Waals surface area contributed by atoms with Crippen LogP contribution < -0.4 is 5.32 Å². The number of rotatable bonds is 3. The van der Waals surface area contributed by atoms with Crippen LogP contribution in [0.1, 0.15) is 12.0 Å². The van der Waals surface area contributed by atoms with Gasteiger partial charge in [-0.3, -0.25) is 0 Å². The number of hydrogen-bond donors (Lipinski definition) is 1. The summed E-state index contributed by atoms with van der Waals surface area (Å²) in [5.41, 5.74) is 0.624. The highest BCUT2D eigenvalue weighted by Crippen LogP contribution is 2.09. The minimum absolute atomic E-state index is 0.302. The van der Waals surface area contributed by atoms with E-state index in [1.165, 1.54) is 12.1 Å². The molecule has 1 unspecified atom stereocenters. The molecule has 1 aliphatic heterocycles. The molecule has 4 heteroatoms. The molecule has 2 nitrogen and oxygen atoms in total. The molecule has 82 valence electrons. The third-order valence-corrected chi connectivity index (χ3v) is 2.45. The first kappa shape index (κ1) is 10.5. The lowest BCUT2D eigenvalue weighted by Crippen LogP contribution is -2.28. The van der Waals surface area contributed by atoms with E-state index < -0.39 is 11.6 Å². The molecule has 0 aromatic heterocycles. The molecular formula is C11H13F2NO. The van der Waals surface area contributed by atoms with Crippen LogP contribution in [0.15, 0.2) is 18.2 Å². The van der Waals surface area contributed by atoms with Gasteiger partial charge in [0.05, 0.1) is 6.61 Å².